The third kappa shape index (κ3) is 6.82. The second kappa shape index (κ2) is 12.0. The molecule has 0 fully saturated rings. The van der Waals surface area contributed by atoms with E-state index in [1.165, 1.54) is 23.9 Å². The molecule has 3 rings (SSSR count). The standard InChI is InChI=1S/C24H27ClN6O4S/c1-14(2)11-20(27-23(33)17-7-5-6-8-18(17)25)22-28-29-24(30(22)4)36-13-21(32)26-19-12-16(31(34)35)10-9-15(19)3/h5-10,12,14,20H,11,13H2,1-4H3,(H,26,32)(H,27,33)/t20-/m0/s1. The molecule has 2 aromatic carbocycles. The van der Waals surface area contributed by atoms with Crippen LogP contribution in [0.25, 0.3) is 0 Å². The van der Waals surface area contributed by atoms with Gasteiger partial charge in [-0.1, -0.05) is 55.4 Å². The first kappa shape index (κ1) is 27.2. The van der Waals surface area contributed by atoms with Crippen LogP contribution in [0.5, 0.6) is 0 Å². The minimum Gasteiger partial charge on any atom is -0.342 e. The number of non-ortho nitro benzene ring substituents is 1. The number of nitrogens with one attached hydrogen (secondary N) is 2. The summed E-state index contributed by atoms with van der Waals surface area (Å²) in [6, 6.07) is 10.7. The number of hydrogen-bond acceptors (Lipinski definition) is 7. The van der Waals surface area contributed by atoms with Gasteiger partial charge in [-0.15, -0.1) is 10.2 Å². The Balaban J connectivity index is 1.70. The molecule has 0 saturated carbocycles. The summed E-state index contributed by atoms with van der Waals surface area (Å²) < 4.78 is 1.75. The molecule has 2 N–H and O–H groups in total. The summed E-state index contributed by atoms with van der Waals surface area (Å²) >= 11 is 7.36. The lowest BCUT2D eigenvalue weighted by Gasteiger charge is -2.20. The first-order valence-electron chi connectivity index (χ1n) is 11.2. The number of carbonyl (C=O) groups excluding carboxylic acids is 2. The summed E-state index contributed by atoms with van der Waals surface area (Å²) in [5.74, 6) is 0.198. The van der Waals surface area contributed by atoms with Crippen LogP contribution in [0.1, 0.15) is 48.1 Å². The Bertz CT molecular complexity index is 1280. The van der Waals surface area contributed by atoms with Crippen LogP contribution in [0.3, 0.4) is 0 Å². The topological polar surface area (TPSA) is 132 Å². The van der Waals surface area contributed by atoms with Gasteiger partial charge in [-0.25, -0.2) is 0 Å². The number of thioether (sulfide) groups is 1. The highest BCUT2D eigenvalue weighted by Crippen LogP contribution is 2.26. The zero-order valence-corrected chi connectivity index (χ0v) is 21.9. The first-order valence-corrected chi connectivity index (χ1v) is 12.6. The minimum absolute atomic E-state index is 0.0228. The van der Waals surface area contributed by atoms with Crippen molar-refractivity contribution in [3.8, 4) is 0 Å². The number of anilines is 1. The summed E-state index contributed by atoms with van der Waals surface area (Å²) in [5.41, 5.74) is 1.37. The number of rotatable bonds is 10. The summed E-state index contributed by atoms with van der Waals surface area (Å²) in [6.07, 6.45) is 0.624. The van der Waals surface area contributed by atoms with E-state index in [1.54, 1.807) is 48.9 Å². The van der Waals surface area contributed by atoms with Gasteiger partial charge in [0.2, 0.25) is 5.91 Å². The fraction of sp³-hybridized carbons (Fsp3) is 0.333. The molecule has 0 aliphatic heterocycles. The predicted octanol–water partition coefficient (Wildman–Crippen LogP) is 4.93. The Morgan fingerprint density at radius 2 is 1.92 bits per heavy atom. The molecule has 0 spiro atoms. The van der Waals surface area contributed by atoms with Crippen molar-refractivity contribution in [2.75, 3.05) is 11.1 Å². The lowest BCUT2D eigenvalue weighted by molar-refractivity contribution is -0.384. The van der Waals surface area contributed by atoms with E-state index < -0.39 is 11.0 Å². The van der Waals surface area contributed by atoms with E-state index in [-0.39, 0.29) is 29.2 Å². The molecule has 2 amide bonds. The molecule has 0 saturated heterocycles. The van der Waals surface area contributed by atoms with Gasteiger partial charge in [-0.2, -0.15) is 0 Å². The Morgan fingerprint density at radius 3 is 2.58 bits per heavy atom. The van der Waals surface area contributed by atoms with Crippen LogP contribution >= 0.6 is 23.4 Å². The number of aromatic nitrogens is 3. The molecule has 0 aliphatic carbocycles. The third-order valence-electron chi connectivity index (χ3n) is 5.35. The smallest absolute Gasteiger partial charge is 0.271 e. The molecule has 12 heteroatoms. The second-order valence-electron chi connectivity index (χ2n) is 8.63. The zero-order valence-electron chi connectivity index (χ0n) is 20.3. The Labute approximate surface area is 218 Å². The highest BCUT2D eigenvalue weighted by atomic mass is 35.5. The van der Waals surface area contributed by atoms with Gasteiger partial charge in [0.1, 0.15) is 0 Å². The molecule has 1 aromatic heterocycles. The fourth-order valence-corrected chi connectivity index (χ4v) is 4.45. The van der Waals surface area contributed by atoms with E-state index in [9.17, 15) is 19.7 Å². The second-order valence-corrected chi connectivity index (χ2v) is 9.98. The van der Waals surface area contributed by atoms with E-state index in [0.29, 0.717) is 39.2 Å². The third-order valence-corrected chi connectivity index (χ3v) is 6.70. The van der Waals surface area contributed by atoms with Crippen LogP contribution in [0.2, 0.25) is 5.02 Å². The number of nitrogens with zero attached hydrogens (tertiary/aromatic N) is 4. The van der Waals surface area contributed by atoms with Crippen molar-refractivity contribution in [3.05, 3.63) is 74.6 Å². The van der Waals surface area contributed by atoms with Gasteiger partial charge in [-0.05, 0) is 37.0 Å². The molecule has 0 aliphatic rings. The average molecular weight is 531 g/mol. The lowest BCUT2D eigenvalue weighted by atomic mass is 10.0. The average Bonchev–Trinajstić information content (AvgIpc) is 3.18. The maximum Gasteiger partial charge on any atom is 0.271 e. The van der Waals surface area contributed by atoms with E-state index in [1.807, 2.05) is 13.8 Å². The van der Waals surface area contributed by atoms with Gasteiger partial charge < -0.3 is 15.2 Å². The number of nitro benzene ring substituents is 1. The van der Waals surface area contributed by atoms with Crippen LogP contribution < -0.4 is 10.6 Å². The maximum absolute atomic E-state index is 12.9. The summed E-state index contributed by atoms with van der Waals surface area (Å²) in [5, 5.41) is 26.1. The van der Waals surface area contributed by atoms with Crippen molar-refractivity contribution in [3.63, 3.8) is 0 Å². The quantitative estimate of drug-likeness (QED) is 0.215. The van der Waals surface area contributed by atoms with Crippen molar-refractivity contribution < 1.29 is 14.5 Å². The Morgan fingerprint density at radius 1 is 1.19 bits per heavy atom. The summed E-state index contributed by atoms with van der Waals surface area (Å²) in [4.78, 5) is 35.9. The van der Waals surface area contributed by atoms with Gasteiger partial charge in [0.25, 0.3) is 11.6 Å². The normalized spacial score (nSPS) is 11.8. The number of hydrogen-bond donors (Lipinski definition) is 2. The van der Waals surface area contributed by atoms with E-state index >= 15 is 0 Å². The maximum atomic E-state index is 12.9. The number of aryl methyl sites for hydroxylation is 1. The Hall–Kier alpha value is -3.44. The van der Waals surface area contributed by atoms with Crippen molar-refractivity contribution in [2.24, 2.45) is 13.0 Å². The van der Waals surface area contributed by atoms with Gasteiger partial charge in [0.15, 0.2) is 11.0 Å². The van der Waals surface area contributed by atoms with Crippen LogP contribution in [0, 0.1) is 23.0 Å². The molecule has 0 unspecified atom stereocenters. The van der Waals surface area contributed by atoms with Gasteiger partial charge in [-0.3, -0.25) is 19.7 Å². The molecule has 36 heavy (non-hydrogen) atoms. The lowest BCUT2D eigenvalue weighted by Crippen LogP contribution is -2.31. The fourth-order valence-electron chi connectivity index (χ4n) is 3.51. The molecule has 1 heterocycles. The SMILES string of the molecule is Cc1ccc([N+](=O)[O-])cc1NC(=O)CSc1nnc([C@H](CC(C)C)NC(=O)c2ccccc2Cl)n1C. The summed E-state index contributed by atoms with van der Waals surface area (Å²) in [7, 11) is 1.77. The van der Waals surface area contributed by atoms with E-state index in [0.717, 1.165) is 0 Å². The van der Waals surface area contributed by atoms with Gasteiger partial charge in [0.05, 0.1) is 33.0 Å². The van der Waals surface area contributed by atoms with Crippen LogP contribution in [0.15, 0.2) is 47.6 Å². The summed E-state index contributed by atoms with van der Waals surface area (Å²) in [6.45, 7) is 5.84. The molecule has 190 valence electrons. The highest BCUT2D eigenvalue weighted by molar-refractivity contribution is 7.99. The molecule has 3 aromatic rings. The predicted molar refractivity (Wildman–Crippen MR) is 139 cm³/mol. The molecular formula is C24H27ClN6O4S. The van der Waals surface area contributed by atoms with Crippen LogP contribution in [0.4, 0.5) is 11.4 Å². The van der Waals surface area contributed by atoms with Crippen molar-refractivity contribution in [1.82, 2.24) is 20.1 Å². The highest BCUT2D eigenvalue weighted by Gasteiger charge is 2.24. The van der Waals surface area contributed by atoms with Crippen LogP contribution in [-0.2, 0) is 11.8 Å². The van der Waals surface area contributed by atoms with E-state index in [4.69, 9.17) is 11.6 Å². The monoisotopic (exact) mass is 530 g/mol. The minimum atomic E-state index is -0.511. The number of amides is 2. The largest absolute Gasteiger partial charge is 0.342 e. The van der Waals surface area contributed by atoms with Crippen molar-refractivity contribution in [2.45, 2.75) is 38.4 Å². The van der Waals surface area contributed by atoms with Gasteiger partial charge in [0, 0.05) is 19.2 Å². The first-order chi connectivity index (χ1) is 17.1. The number of nitro groups is 1. The van der Waals surface area contributed by atoms with Gasteiger partial charge >= 0.3 is 0 Å². The molecule has 0 bridgehead atoms. The Kier molecular flexibility index (Phi) is 9.05. The molecule has 0 radical (unpaired) electrons. The van der Waals surface area contributed by atoms with Crippen molar-refractivity contribution in [1.29, 1.82) is 0 Å². The molecule has 1 atom stereocenters. The zero-order chi connectivity index (χ0) is 26.4. The van der Waals surface area contributed by atoms with E-state index in [2.05, 4.69) is 20.8 Å². The van der Waals surface area contributed by atoms with Crippen molar-refractivity contribution >= 4 is 46.6 Å². The molecular weight excluding hydrogens is 504 g/mol. The van der Waals surface area contributed by atoms with Crippen LogP contribution in [-0.4, -0.2) is 37.3 Å². The number of carbonyl (C=O) groups is 2. The number of benzene rings is 2. The molecule has 10 nitrogen and oxygen atoms in total. The number of halogens is 1.